The third-order valence-corrected chi connectivity index (χ3v) is 7.42. The first-order valence-corrected chi connectivity index (χ1v) is 15.9. The summed E-state index contributed by atoms with van der Waals surface area (Å²) >= 11 is 0. The molecular weight excluding hydrogens is 604 g/mol. The van der Waals surface area contributed by atoms with Crippen molar-refractivity contribution in [3.05, 3.63) is 65.7 Å². The number of phenolic OH excluding ortho intramolecular Hbond substituents is 1. The number of nitrogens with zero attached hydrogens (tertiary/aromatic N) is 1. The summed E-state index contributed by atoms with van der Waals surface area (Å²) in [7, 11) is 0. The zero-order valence-electron chi connectivity index (χ0n) is 28.1. The molecule has 3 rings (SSSR count). The molecule has 0 radical (unpaired) electrons. The number of carbonyl (C=O) groups excluding carboxylic acids is 5. The van der Waals surface area contributed by atoms with Crippen molar-refractivity contribution in [2.24, 2.45) is 5.73 Å². The van der Waals surface area contributed by atoms with Crippen LogP contribution in [-0.2, 0) is 35.1 Å². The molecule has 3 atom stereocenters. The lowest BCUT2D eigenvalue weighted by Crippen LogP contribution is -2.58. The number of hydrogen-bond acceptors (Lipinski definition) is 8. The van der Waals surface area contributed by atoms with Gasteiger partial charge in [0, 0.05) is 18.9 Å². The van der Waals surface area contributed by atoms with E-state index in [4.69, 9.17) is 15.2 Å². The summed E-state index contributed by atoms with van der Waals surface area (Å²) in [5, 5.41) is 15.5. The molecule has 0 saturated heterocycles. The Hall–Kier alpha value is -4.61. The number of aromatic hydroxyl groups is 1. The molecule has 12 heteroatoms. The van der Waals surface area contributed by atoms with Gasteiger partial charge in [-0.1, -0.05) is 42.5 Å². The maximum absolute atomic E-state index is 14.5. The van der Waals surface area contributed by atoms with Crippen LogP contribution in [0, 0.1) is 0 Å². The first-order valence-electron chi connectivity index (χ1n) is 15.9. The van der Waals surface area contributed by atoms with Crippen LogP contribution in [0.2, 0.25) is 0 Å². The largest absolute Gasteiger partial charge is 0.508 e. The quantitative estimate of drug-likeness (QED) is 0.234. The Morgan fingerprint density at radius 2 is 1.47 bits per heavy atom. The van der Waals surface area contributed by atoms with Crippen LogP contribution in [0.25, 0.3) is 0 Å². The van der Waals surface area contributed by atoms with Crippen molar-refractivity contribution in [1.29, 1.82) is 0 Å². The number of amides is 4. The van der Waals surface area contributed by atoms with Gasteiger partial charge in [-0.2, -0.15) is 0 Å². The molecule has 256 valence electrons. The topological polar surface area (TPSA) is 177 Å². The van der Waals surface area contributed by atoms with Gasteiger partial charge in [-0.15, -0.1) is 0 Å². The van der Waals surface area contributed by atoms with Crippen LogP contribution in [-0.4, -0.2) is 69.1 Å². The maximum Gasteiger partial charge on any atom is 0.408 e. The molecule has 4 amide bonds. The molecule has 1 fully saturated rings. The highest BCUT2D eigenvalue weighted by Gasteiger charge is 2.43. The summed E-state index contributed by atoms with van der Waals surface area (Å²) in [5.74, 6) is -2.64. The molecule has 0 bridgehead atoms. The fourth-order valence-electron chi connectivity index (χ4n) is 5.12. The van der Waals surface area contributed by atoms with E-state index in [-0.39, 0.29) is 25.0 Å². The second kappa shape index (κ2) is 15.8. The third kappa shape index (κ3) is 11.6. The van der Waals surface area contributed by atoms with Crippen molar-refractivity contribution in [2.75, 3.05) is 0 Å². The van der Waals surface area contributed by atoms with Crippen LogP contribution in [0.4, 0.5) is 4.79 Å². The van der Waals surface area contributed by atoms with Gasteiger partial charge < -0.3 is 35.8 Å². The summed E-state index contributed by atoms with van der Waals surface area (Å²) in [6.45, 7) is 10.2. The van der Waals surface area contributed by atoms with Crippen molar-refractivity contribution >= 4 is 29.8 Å². The van der Waals surface area contributed by atoms with Crippen LogP contribution in [0.15, 0.2) is 54.6 Å². The van der Waals surface area contributed by atoms with Gasteiger partial charge in [0.2, 0.25) is 17.7 Å². The number of primary amides is 1. The molecule has 1 saturated carbocycles. The fraction of sp³-hybridized carbons (Fsp3) is 0.514. The molecule has 2 aromatic carbocycles. The summed E-state index contributed by atoms with van der Waals surface area (Å²) in [4.78, 5) is 68.3. The molecule has 5 N–H and O–H groups in total. The Morgan fingerprint density at radius 3 is 1.98 bits per heavy atom. The number of phenols is 1. The first kappa shape index (κ1) is 36.9. The molecular formula is C35H48N4O8. The minimum atomic E-state index is -1.27. The van der Waals surface area contributed by atoms with Gasteiger partial charge in [0.1, 0.15) is 35.1 Å². The summed E-state index contributed by atoms with van der Waals surface area (Å²) in [6, 6.07) is 11.0. The standard InChI is InChI=1S/C35H48N4O8/c1-34(2,3)46-32(44)27(21-22-11-8-7-9-12-22)37-30(42)29(23-15-17-25(40)18-16-23)39(24-13-10-14-24)31(43)26(19-20-28(36)41)38-33(45)47-35(4,5)6/h7-9,11-12,15-18,24,26-27,29,40H,10,13-14,19-21H2,1-6H3,(H2,36,41)(H,37,42)(H,38,45). The fourth-order valence-corrected chi connectivity index (χ4v) is 5.12. The number of nitrogens with one attached hydrogen (secondary N) is 2. The number of hydrogen-bond donors (Lipinski definition) is 4. The minimum absolute atomic E-state index is 0.0453. The lowest BCUT2D eigenvalue weighted by Gasteiger charge is -2.44. The van der Waals surface area contributed by atoms with Crippen LogP contribution in [0.1, 0.15) is 90.8 Å². The van der Waals surface area contributed by atoms with Crippen molar-refractivity contribution in [1.82, 2.24) is 15.5 Å². The van der Waals surface area contributed by atoms with Gasteiger partial charge in [0.25, 0.3) is 0 Å². The monoisotopic (exact) mass is 652 g/mol. The lowest BCUT2D eigenvalue weighted by molar-refractivity contribution is -0.159. The van der Waals surface area contributed by atoms with E-state index in [9.17, 15) is 29.1 Å². The zero-order valence-corrected chi connectivity index (χ0v) is 28.1. The molecule has 0 aromatic heterocycles. The van der Waals surface area contributed by atoms with E-state index in [2.05, 4.69) is 10.6 Å². The Bertz CT molecular complexity index is 1400. The van der Waals surface area contributed by atoms with Crippen LogP contribution < -0.4 is 16.4 Å². The summed E-state index contributed by atoms with van der Waals surface area (Å²) in [6.07, 6.45) is 0.895. The average molecular weight is 653 g/mol. The van der Waals surface area contributed by atoms with Gasteiger partial charge in [-0.25, -0.2) is 9.59 Å². The van der Waals surface area contributed by atoms with Crippen LogP contribution in [0.3, 0.4) is 0 Å². The molecule has 3 unspecified atom stereocenters. The normalized spacial score (nSPS) is 15.3. The first-order chi connectivity index (χ1) is 21.9. The van der Waals surface area contributed by atoms with Gasteiger partial charge >= 0.3 is 12.1 Å². The highest BCUT2D eigenvalue weighted by molar-refractivity contribution is 5.94. The second-order valence-corrected chi connectivity index (χ2v) is 13.8. The van der Waals surface area contributed by atoms with Gasteiger partial charge in [-0.05, 0) is 90.5 Å². The zero-order chi connectivity index (χ0) is 34.9. The van der Waals surface area contributed by atoms with Gasteiger partial charge in [-0.3, -0.25) is 14.4 Å². The Morgan fingerprint density at radius 1 is 0.872 bits per heavy atom. The molecule has 0 aliphatic heterocycles. The number of nitrogens with two attached hydrogens (primary N) is 1. The number of ether oxygens (including phenoxy) is 2. The second-order valence-electron chi connectivity index (χ2n) is 13.8. The highest BCUT2D eigenvalue weighted by atomic mass is 16.6. The van der Waals surface area contributed by atoms with Crippen LogP contribution >= 0.6 is 0 Å². The average Bonchev–Trinajstić information content (AvgIpc) is 2.92. The Kier molecular flexibility index (Phi) is 12.4. The van der Waals surface area contributed by atoms with Gasteiger partial charge in [0.05, 0.1) is 0 Å². The Balaban J connectivity index is 2.06. The molecule has 0 heterocycles. The number of rotatable bonds is 13. The van der Waals surface area contributed by atoms with E-state index in [1.165, 1.54) is 29.2 Å². The predicted octanol–water partition coefficient (Wildman–Crippen LogP) is 4.04. The molecule has 47 heavy (non-hydrogen) atoms. The number of carbonyl (C=O) groups is 5. The van der Waals surface area contributed by atoms with E-state index in [1.807, 2.05) is 30.3 Å². The van der Waals surface area contributed by atoms with Crippen molar-refractivity contribution in [3.8, 4) is 5.75 Å². The van der Waals surface area contributed by atoms with E-state index in [0.717, 1.165) is 12.0 Å². The lowest BCUT2D eigenvalue weighted by atomic mass is 9.87. The predicted molar refractivity (Wildman–Crippen MR) is 175 cm³/mol. The van der Waals surface area contributed by atoms with E-state index < -0.39 is 65.2 Å². The third-order valence-electron chi connectivity index (χ3n) is 7.42. The molecule has 2 aromatic rings. The number of alkyl carbamates (subject to hydrolysis) is 1. The van der Waals surface area contributed by atoms with E-state index in [1.54, 1.807) is 41.5 Å². The smallest absolute Gasteiger partial charge is 0.408 e. The molecule has 1 aliphatic rings. The SMILES string of the molecule is CC(C)(C)OC(=O)NC(CCC(N)=O)C(=O)N(C1CCC1)C(C(=O)NC(Cc1ccccc1)C(=O)OC(C)(C)C)c1ccc(O)cc1. The Labute approximate surface area is 276 Å². The summed E-state index contributed by atoms with van der Waals surface area (Å²) in [5.41, 5.74) is 4.87. The maximum atomic E-state index is 14.5. The van der Waals surface area contributed by atoms with Crippen molar-refractivity contribution in [3.63, 3.8) is 0 Å². The number of esters is 1. The van der Waals surface area contributed by atoms with E-state index >= 15 is 0 Å². The van der Waals surface area contributed by atoms with Crippen LogP contribution in [0.5, 0.6) is 5.75 Å². The van der Waals surface area contributed by atoms with Crippen molar-refractivity contribution < 1.29 is 38.6 Å². The molecule has 1 aliphatic carbocycles. The summed E-state index contributed by atoms with van der Waals surface area (Å²) < 4.78 is 11.1. The molecule has 0 spiro atoms. The van der Waals surface area contributed by atoms with Crippen molar-refractivity contribution in [2.45, 2.75) is 115 Å². The van der Waals surface area contributed by atoms with E-state index in [0.29, 0.717) is 18.4 Å². The minimum Gasteiger partial charge on any atom is -0.508 e. The molecule has 12 nitrogen and oxygen atoms in total. The number of benzene rings is 2. The highest BCUT2D eigenvalue weighted by Crippen LogP contribution is 2.35. The van der Waals surface area contributed by atoms with Gasteiger partial charge in [0.15, 0.2) is 0 Å².